The molecule has 0 amide bonds. The Morgan fingerprint density at radius 1 is 1.16 bits per heavy atom. The first kappa shape index (κ1) is 21.7. The second kappa shape index (κ2) is 7.45. The van der Waals surface area contributed by atoms with Gasteiger partial charge in [0.2, 0.25) is 21.7 Å². The van der Waals surface area contributed by atoms with Crippen LogP contribution in [-0.4, -0.2) is 47.5 Å². The number of carbonyl (C=O) groups excluding carboxylic acids is 1. The third-order valence-electron chi connectivity index (χ3n) is 8.31. The number of fused-ring (bicyclic) bond motifs is 2. The zero-order valence-corrected chi connectivity index (χ0v) is 19.2. The van der Waals surface area contributed by atoms with Crippen molar-refractivity contribution in [3.05, 3.63) is 36.0 Å². The summed E-state index contributed by atoms with van der Waals surface area (Å²) in [6.07, 6.45) is 3.28. The smallest absolute Gasteiger partial charge is 0.230 e. The molecule has 3 fully saturated rings. The molecule has 1 saturated heterocycles. The van der Waals surface area contributed by atoms with Gasteiger partial charge in [0, 0.05) is 36.4 Å². The lowest BCUT2D eigenvalue weighted by atomic mass is 9.70. The zero-order valence-electron chi connectivity index (χ0n) is 18.4. The molecule has 2 unspecified atom stereocenters. The number of halogens is 1. The highest BCUT2D eigenvalue weighted by atomic mass is 32.2. The molecule has 5 rings (SSSR count). The fourth-order valence-corrected chi connectivity index (χ4v) is 8.26. The molecule has 32 heavy (non-hydrogen) atoms. The third kappa shape index (κ3) is 3.32. The topological polar surface area (TPSA) is 93.4 Å². The molecule has 2 atom stereocenters. The number of ketones is 1. The zero-order chi connectivity index (χ0) is 22.7. The van der Waals surface area contributed by atoms with E-state index in [1.165, 1.54) is 16.4 Å². The first-order valence-corrected chi connectivity index (χ1v) is 12.8. The van der Waals surface area contributed by atoms with E-state index >= 15 is 0 Å². The quantitative estimate of drug-likeness (QED) is 0.673. The SMILES string of the molecule is CC1(C)C2CCC1(CS(=O)(=O)N1CCC(c3nc(-c4ccc(F)cc4)no3)CC1)C(=O)C2. The third-order valence-corrected chi connectivity index (χ3v) is 10.3. The minimum Gasteiger partial charge on any atom is -0.339 e. The molecule has 0 N–H and O–H groups in total. The van der Waals surface area contributed by atoms with Gasteiger partial charge in [0.15, 0.2) is 0 Å². The minimum atomic E-state index is -3.55. The molecule has 172 valence electrons. The minimum absolute atomic E-state index is 0.0262. The van der Waals surface area contributed by atoms with Crippen molar-refractivity contribution in [2.45, 2.75) is 51.9 Å². The Morgan fingerprint density at radius 3 is 2.44 bits per heavy atom. The Labute approximate surface area is 187 Å². The van der Waals surface area contributed by atoms with E-state index in [4.69, 9.17) is 4.52 Å². The van der Waals surface area contributed by atoms with E-state index in [0.717, 1.165) is 6.42 Å². The summed E-state index contributed by atoms with van der Waals surface area (Å²) in [6, 6.07) is 5.88. The van der Waals surface area contributed by atoms with Crippen LogP contribution in [0, 0.1) is 22.6 Å². The summed E-state index contributed by atoms with van der Waals surface area (Å²) in [7, 11) is -3.55. The molecule has 1 aromatic heterocycles. The summed E-state index contributed by atoms with van der Waals surface area (Å²) in [5.41, 5.74) is -0.348. The normalized spacial score (nSPS) is 28.5. The van der Waals surface area contributed by atoms with E-state index in [1.807, 2.05) is 0 Å². The Hall–Kier alpha value is -2.13. The van der Waals surface area contributed by atoms with Crippen molar-refractivity contribution >= 4 is 15.8 Å². The van der Waals surface area contributed by atoms with Crippen molar-refractivity contribution in [1.82, 2.24) is 14.4 Å². The van der Waals surface area contributed by atoms with Crippen LogP contribution in [0.25, 0.3) is 11.4 Å². The lowest BCUT2D eigenvalue weighted by molar-refractivity contribution is -0.128. The average Bonchev–Trinajstić information content (AvgIpc) is 3.38. The van der Waals surface area contributed by atoms with Crippen LogP contribution in [0.1, 0.15) is 57.8 Å². The maximum atomic E-state index is 13.3. The predicted octanol–water partition coefficient (Wildman–Crippen LogP) is 3.78. The van der Waals surface area contributed by atoms with E-state index in [2.05, 4.69) is 24.0 Å². The fraction of sp³-hybridized carbons (Fsp3) is 0.609. The molecule has 2 saturated carbocycles. The Kier molecular flexibility index (Phi) is 5.05. The summed E-state index contributed by atoms with van der Waals surface area (Å²) in [6.45, 7) is 4.86. The standard InChI is InChI=1S/C23H28FN3O4S/c1-22(2)17-7-10-23(22,19(28)13-17)14-32(29,30)27-11-8-16(9-12-27)21-25-20(26-31-21)15-3-5-18(24)6-4-15/h3-6,16-17H,7-14H2,1-2H3. The van der Waals surface area contributed by atoms with E-state index in [1.54, 1.807) is 12.1 Å². The lowest BCUT2D eigenvalue weighted by Crippen LogP contribution is -2.48. The van der Waals surface area contributed by atoms with E-state index in [9.17, 15) is 17.6 Å². The molecule has 1 aromatic carbocycles. The highest BCUT2D eigenvalue weighted by Crippen LogP contribution is 2.64. The van der Waals surface area contributed by atoms with E-state index < -0.39 is 15.4 Å². The first-order valence-electron chi connectivity index (χ1n) is 11.2. The van der Waals surface area contributed by atoms with Crippen LogP contribution in [0.4, 0.5) is 4.39 Å². The number of benzene rings is 1. The number of sulfonamides is 1. The van der Waals surface area contributed by atoms with Gasteiger partial charge in [-0.25, -0.2) is 17.1 Å². The number of aromatic nitrogens is 2. The maximum absolute atomic E-state index is 13.3. The van der Waals surface area contributed by atoms with E-state index in [-0.39, 0.29) is 28.7 Å². The molecule has 3 aliphatic rings. The molecular formula is C23H28FN3O4S. The number of rotatable bonds is 5. The second-order valence-corrected chi connectivity index (χ2v) is 12.0. The number of nitrogens with zero attached hydrogens (tertiary/aromatic N) is 3. The highest BCUT2D eigenvalue weighted by molar-refractivity contribution is 7.89. The molecule has 0 radical (unpaired) electrons. The molecular weight excluding hydrogens is 433 g/mol. The molecule has 2 heterocycles. The van der Waals surface area contributed by atoms with Crippen molar-refractivity contribution < 1.29 is 22.1 Å². The summed E-state index contributed by atoms with van der Waals surface area (Å²) in [5.74, 6) is 0.850. The van der Waals surface area contributed by atoms with Gasteiger partial charge in [-0.05, 0) is 61.3 Å². The predicted molar refractivity (Wildman–Crippen MR) is 116 cm³/mol. The summed E-state index contributed by atoms with van der Waals surface area (Å²) < 4.78 is 46.7. The van der Waals surface area contributed by atoms with Crippen LogP contribution < -0.4 is 0 Å². The Balaban J connectivity index is 1.26. The van der Waals surface area contributed by atoms with Gasteiger partial charge in [0.05, 0.1) is 5.75 Å². The number of Topliss-reactive ketones (excluding diaryl/α,β-unsaturated/α-hetero) is 1. The molecule has 9 heteroatoms. The largest absolute Gasteiger partial charge is 0.339 e. The van der Waals surface area contributed by atoms with Crippen molar-refractivity contribution in [3.8, 4) is 11.4 Å². The van der Waals surface area contributed by atoms with E-state index in [0.29, 0.717) is 62.0 Å². The van der Waals surface area contributed by atoms with Gasteiger partial charge >= 0.3 is 0 Å². The van der Waals surface area contributed by atoms with Crippen LogP contribution in [0.3, 0.4) is 0 Å². The van der Waals surface area contributed by atoms with Crippen LogP contribution in [-0.2, 0) is 14.8 Å². The molecule has 2 bridgehead atoms. The second-order valence-electron chi connectivity index (χ2n) is 10.1. The Bertz CT molecular complexity index is 1140. The monoisotopic (exact) mass is 461 g/mol. The van der Waals surface area contributed by atoms with Crippen LogP contribution in [0.5, 0.6) is 0 Å². The van der Waals surface area contributed by atoms with Gasteiger partial charge < -0.3 is 4.52 Å². The van der Waals surface area contributed by atoms with Gasteiger partial charge in [0.25, 0.3) is 0 Å². The van der Waals surface area contributed by atoms with Gasteiger partial charge in [-0.3, -0.25) is 4.79 Å². The van der Waals surface area contributed by atoms with Gasteiger partial charge in [-0.1, -0.05) is 19.0 Å². The average molecular weight is 462 g/mol. The molecule has 7 nitrogen and oxygen atoms in total. The number of hydrogen-bond donors (Lipinski definition) is 0. The Morgan fingerprint density at radius 2 is 1.84 bits per heavy atom. The van der Waals surface area contributed by atoms with Gasteiger partial charge in [-0.2, -0.15) is 4.98 Å². The number of carbonyl (C=O) groups is 1. The molecule has 1 aliphatic heterocycles. The number of hydrogen-bond acceptors (Lipinski definition) is 6. The van der Waals surface area contributed by atoms with Crippen molar-refractivity contribution in [1.29, 1.82) is 0 Å². The number of piperidine rings is 1. The van der Waals surface area contributed by atoms with Crippen molar-refractivity contribution in [3.63, 3.8) is 0 Å². The highest BCUT2D eigenvalue weighted by Gasteiger charge is 2.65. The summed E-state index contributed by atoms with van der Waals surface area (Å²) >= 11 is 0. The van der Waals surface area contributed by atoms with Crippen molar-refractivity contribution in [2.75, 3.05) is 18.8 Å². The fourth-order valence-electron chi connectivity index (χ4n) is 6.01. The molecule has 2 aliphatic carbocycles. The first-order chi connectivity index (χ1) is 15.1. The van der Waals surface area contributed by atoms with Crippen LogP contribution >= 0.6 is 0 Å². The van der Waals surface area contributed by atoms with Gasteiger partial charge in [0.1, 0.15) is 11.6 Å². The summed E-state index contributed by atoms with van der Waals surface area (Å²) in [4.78, 5) is 17.2. The molecule has 0 spiro atoms. The van der Waals surface area contributed by atoms with Crippen LogP contribution in [0.2, 0.25) is 0 Å². The lowest BCUT2D eigenvalue weighted by Gasteiger charge is -2.38. The maximum Gasteiger partial charge on any atom is 0.230 e. The van der Waals surface area contributed by atoms with Crippen molar-refractivity contribution in [2.24, 2.45) is 16.7 Å². The van der Waals surface area contributed by atoms with Crippen LogP contribution in [0.15, 0.2) is 28.8 Å². The molecule has 2 aromatic rings. The van der Waals surface area contributed by atoms with Gasteiger partial charge in [-0.15, -0.1) is 0 Å². The summed E-state index contributed by atoms with van der Waals surface area (Å²) in [5, 5.41) is 4.00.